The molecule has 0 radical (unpaired) electrons. The SMILES string of the molecule is CC(C)(C)c1ccc(-c2ncnc3c2oc2c4ccccc4ccc32)cc1. The summed E-state index contributed by atoms with van der Waals surface area (Å²) in [5, 5.41) is 3.29. The molecule has 0 amide bonds. The van der Waals surface area contributed by atoms with Gasteiger partial charge in [0.05, 0.1) is 0 Å². The van der Waals surface area contributed by atoms with Crippen LogP contribution in [0, 0.1) is 0 Å². The van der Waals surface area contributed by atoms with E-state index < -0.39 is 0 Å². The quantitative estimate of drug-likeness (QED) is 0.346. The summed E-state index contributed by atoms with van der Waals surface area (Å²) in [6, 6.07) is 21.0. The molecule has 3 aromatic carbocycles. The zero-order valence-electron chi connectivity index (χ0n) is 15.7. The molecule has 0 bridgehead atoms. The van der Waals surface area contributed by atoms with Gasteiger partial charge in [-0.1, -0.05) is 75.4 Å². The predicted octanol–water partition coefficient (Wildman–Crippen LogP) is 6.49. The number of fused-ring (bicyclic) bond motifs is 5. The number of aromatic nitrogens is 2. The summed E-state index contributed by atoms with van der Waals surface area (Å²) in [5.74, 6) is 0. The van der Waals surface area contributed by atoms with Crippen molar-refractivity contribution in [1.82, 2.24) is 9.97 Å². The molecule has 2 heterocycles. The lowest BCUT2D eigenvalue weighted by Crippen LogP contribution is -2.10. The molecule has 132 valence electrons. The smallest absolute Gasteiger partial charge is 0.180 e. The average molecular weight is 352 g/mol. The fourth-order valence-corrected chi connectivity index (χ4v) is 3.64. The Hall–Kier alpha value is -3.20. The number of furan rings is 1. The van der Waals surface area contributed by atoms with Gasteiger partial charge in [0.25, 0.3) is 0 Å². The van der Waals surface area contributed by atoms with Crippen molar-refractivity contribution in [2.45, 2.75) is 26.2 Å². The van der Waals surface area contributed by atoms with Crippen LogP contribution in [0.1, 0.15) is 26.3 Å². The van der Waals surface area contributed by atoms with Gasteiger partial charge in [-0.05, 0) is 22.4 Å². The maximum Gasteiger partial charge on any atom is 0.180 e. The summed E-state index contributed by atoms with van der Waals surface area (Å²) in [5.41, 5.74) is 5.77. The molecule has 0 N–H and O–H groups in total. The Morgan fingerprint density at radius 3 is 2.30 bits per heavy atom. The van der Waals surface area contributed by atoms with E-state index in [4.69, 9.17) is 4.42 Å². The summed E-state index contributed by atoms with van der Waals surface area (Å²) < 4.78 is 6.32. The van der Waals surface area contributed by atoms with Gasteiger partial charge in [-0.25, -0.2) is 9.97 Å². The molecule has 5 aromatic rings. The Morgan fingerprint density at radius 2 is 1.52 bits per heavy atom. The molecule has 0 aliphatic heterocycles. The van der Waals surface area contributed by atoms with Crippen LogP contribution in [0.15, 0.2) is 71.4 Å². The predicted molar refractivity (Wildman–Crippen MR) is 111 cm³/mol. The summed E-state index contributed by atoms with van der Waals surface area (Å²) in [6.07, 6.45) is 1.62. The summed E-state index contributed by atoms with van der Waals surface area (Å²) in [4.78, 5) is 9.05. The van der Waals surface area contributed by atoms with Gasteiger partial charge >= 0.3 is 0 Å². The van der Waals surface area contributed by atoms with E-state index in [2.05, 4.69) is 79.3 Å². The van der Waals surface area contributed by atoms with Gasteiger partial charge in [0.15, 0.2) is 5.58 Å². The minimum Gasteiger partial charge on any atom is -0.451 e. The second-order valence-electron chi connectivity index (χ2n) is 7.99. The fourth-order valence-electron chi connectivity index (χ4n) is 3.64. The lowest BCUT2D eigenvalue weighted by molar-refractivity contribution is 0.590. The molecule has 3 heteroatoms. The molecule has 3 nitrogen and oxygen atoms in total. The minimum atomic E-state index is 0.123. The van der Waals surface area contributed by atoms with Crippen LogP contribution in [0.5, 0.6) is 0 Å². The molecule has 27 heavy (non-hydrogen) atoms. The van der Waals surface area contributed by atoms with E-state index in [-0.39, 0.29) is 5.41 Å². The molecule has 0 fully saturated rings. The average Bonchev–Trinajstić information content (AvgIpc) is 3.07. The van der Waals surface area contributed by atoms with E-state index in [1.165, 1.54) is 5.56 Å². The third kappa shape index (κ3) is 2.50. The Balaban J connectivity index is 1.77. The van der Waals surface area contributed by atoms with Crippen molar-refractivity contribution >= 4 is 32.8 Å². The van der Waals surface area contributed by atoms with Gasteiger partial charge < -0.3 is 4.42 Å². The van der Waals surface area contributed by atoms with Crippen LogP contribution in [-0.4, -0.2) is 9.97 Å². The highest BCUT2D eigenvalue weighted by Crippen LogP contribution is 2.36. The summed E-state index contributed by atoms with van der Waals surface area (Å²) in [6.45, 7) is 6.65. The molecule has 5 rings (SSSR count). The first-order valence-electron chi connectivity index (χ1n) is 9.18. The Morgan fingerprint density at radius 1 is 0.741 bits per heavy atom. The second-order valence-corrected chi connectivity index (χ2v) is 7.99. The highest BCUT2D eigenvalue weighted by atomic mass is 16.3. The second kappa shape index (κ2) is 5.65. The normalized spacial score (nSPS) is 12.3. The summed E-state index contributed by atoms with van der Waals surface area (Å²) >= 11 is 0. The topological polar surface area (TPSA) is 38.9 Å². The minimum absolute atomic E-state index is 0.123. The van der Waals surface area contributed by atoms with Crippen molar-refractivity contribution in [3.05, 3.63) is 72.6 Å². The highest BCUT2D eigenvalue weighted by molar-refractivity contribution is 6.15. The van der Waals surface area contributed by atoms with Crippen LogP contribution in [0.4, 0.5) is 0 Å². The van der Waals surface area contributed by atoms with Crippen LogP contribution in [0.2, 0.25) is 0 Å². The number of benzene rings is 3. The maximum atomic E-state index is 6.32. The van der Waals surface area contributed by atoms with Crippen molar-refractivity contribution in [1.29, 1.82) is 0 Å². The van der Waals surface area contributed by atoms with Gasteiger partial charge in [-0.15, -0.1) is 0 Å². The molecule has 0 saturated heterocycles. The lowest BCUT2D eigenvalue weighted by atomic mass is 9.86. The Labute approximate surface area is 157 Å². The van der Waals surface area contributed by atoms with Gasteiger partial charge in [-0.2, -0.15) is 0 Å². The zero-order valence-corrected chi connectivity index (χ0v) is 15.7. The highest BCUT2D eigenvalue weighted by Gasteiger charge is 2.17. The van der Waals surface area contributed by atoms with Gasteiger partial charge in [0, 0.05) is 16.3 Å². The lowest BCUT2D eigenvalue weighted by Gasteiger charge is -2.19. The van der Waals surface area contributed by atoms with E-state index in [9.17, 15) is 0 Å². The van der Waals surface area contributed by atoms with Crippen molar-refractivity contribution in [3.8, 4) is 11.3 Å². The first-order chi connectivity index (χ1) is 13.0. The van der Waals surface area contributed by atoms with E-state index >= 15 is 0 Å². The molecular weight excluding hydrogens is 332 g/mol. The van der Waals surface area contributed by atoms with Crippen molar-refractivity contribution in [2.24, 2.45) is 0 Å². The van der Waals surface area contributed by atoms with Gasteiger partial charge in [0.1, 0.15) is 23.1 Å². The largest absolute Gasteiger partial charge is 0.451 e. The summed E-state index contributed by atoms with van der Waals surface area (Å²) in [7, 11) is 0. The monoisotopic (exact) mass is 352 g/mol. The zero-order chi connectivity index (χ0) is 18.6. The van der Waals surface area contributed by atoms with Crippen LogP contribution in [-0.2, 0) is 5.41 Å². The number of hydrogen-bond acceptors (Lipinski definition) is 3. The van der Waals surface area contributed by atoms with Crippen molar-refractivity contribution < 1.29 is 4.42 Å². The van der Waals surface area contributed by atoms with E-state index in [1.54, 1.807) is 6.33 Å². The van der Waals surface area contributed by atoms with E-state index in [0.29, 0.717) is 0 Å². The molecule has 0 saturated carbocycles. The molecule has 0 atom stereocenters. The van der Waals surface area contributed by atoms with E-state index in [1.807, 2.05) is 12.1 Å². The Kier molecular flexibility index (Phi) is 3.35. The molecule has 0 unspecified atom stereocenters. The molecule has 0 aliphatic carbocycles. The standard InChI is InChI=1S/C24H20N2O/c1-24(2,3)17-11-8-16(9-12-17)20-23-21(26-14-25-20)19-13-10-15-6-4-5-7-18(15)22(19)27-23/h4-14H,1-3H3. The van der Waals surface area contributed by atoms with Gasteiger partial charge in [-0.3, -0.25) is 0 Å². The number of hydrogen-bond donors (Lipinski definition) is 0. The third-order valence-electron chi connectivity index (χ3n) is 5.17. The van der Waals surface area contributed by atoms with Crippen LogP contribution >= 0.6 is 0 Å². The first kappa shape index (κ1) is 16.0. The van der Waals surface area contributed by atoms with Crippen LogP contribution in [0.25, 0.3) is 44.1 Å². The Bertz CT molecular complexity index is 1290. The fraction of sp³-hybridized carbons (Fsp3) is 0.167. The number of nitrogens with zero attached hydrogens (tertiary/aromatic N) is 2. The van der Waals surface area contributed by atoms with Gasteiger partial charge in [0.2, 0.25) is 0 Å². The maximum absolute atomic E-state index is 6.32. The molecule has 0 spiro atoms. The first-order valence-corrected chi connectivity index (χ1v) is 9.18. The number of rotatable bonds is 1. The van der Waals surface area contributed by atoms with Crippen LogP contribution in [0.3, 0.4) is 0 Å². The molecule has 2 aromatic heterocycles. The molecular formula is C24H20N2O. The molecule has 0 aliphatic rings. The van der Waals surface area contributed by atoms with E-state index in [0.717, 1.165) is 44.1 Å². The third-order valence-corrected chi connectivity index (χ3v) is 5.17. The van der Waals surface area contributed by atoms with Crippen molar-refractivity contribution in [2.75, 3.05) is 0 Å². The van der Waals surface area contributed by atoms with Crippen molar-refractivity contribution in [3.63, 3.8) is 0 Å². The van der Waals surface area contributed by atoms with Crippen LogP contribution < -0.4 is 0 Å².